The molecule has 0 saturated carbocycles. The van der Waals surface area contributed by atoms with E-state index in [9.17, 15) is 13.2 Å². The fourth-order valence-electron chi connectivity index (χ4n) is 1.58. The molecule has 2 rings (SSSR count). The first-order chi connectivity index (χ1) is 8.39. The van der Waals surface area contributed by atoms with Crippen LogP contribution in [-0.2, 0) is 6.18 Å². The summed E-state index contributed by atoms with van der Waals surface area (Å²) in [6.45, 7) is 0. The molecular formula is C12H6Cl2F3N. The summed E-state index contributed by atoms with van der Waals surface area (Å²) in [5.41, 5.74) is -0.641. The minimum Gasteiger partial charge on any atom is -0.242 e. The third-order valence-electron chi connectivity index (χ3n) is 2.33. The fourth-order valence-corrected chi connectivity index (χ4v) is 1.94. The molecule has 0 aliphatic heterocycles. The summed E-state index contributed by atoms with van der Waals surface area (Å²) in [6, 6.07) is 6.51. The number of pyridine rings is 1. The Balaban J connectivity index is 2.68. The van der Waals surface area contributed by atoms with E-state index in [4.69, 9.17) is 23.2 Å². The van der Waals surface area contributed by atoms with E-state index in [0.29, 0.717) is 0 Å². The summed E-state index contributed by atoms with van der Waals surface area (Å²) in [7, 11) is 0. The van der Waals surface area contributed by atoms with Crippen molar-refractivity contribution in [2.45, 2.75) is 6.18 Å². The minimum absolute atomic E-state index is 0.0175. The topological polar surface area (TPSA) is 12.9 Å². The van der Waals surface area contributed by atoms with Crippen molar-refractivity contribution in [1.82, 2.24) is 4.98 Å². The van der Waals surface area contributed by atoms with Crippen molar-refractivity contribution < 1.29 is 13.2 Å². The van der Waals surface area contributed by atoms with Crippen LogP contribution >= 0.6 is 23.2 Å². The average Bonchev–Trinajstić information content (AvgIpc) is 2.31. The smallest absolute Gasteiger partial charge is 0.242 e. The number of alkyl halides is 3. The van der Waals surface area contributed by atoms with Gasteiger partial charge in [0.1, 0.15) is 5.15 Å². The molecule has 0 saturated heterocycles. The van der Waals surface area contributed by atoms with E-state index >= 15 is 0 Å². The van der Waals surface area contributed by atoms with E-state index in [1.165, 1.54) is 30.5 Å². The Morgan fingerprint density at radius 1 is 1.00 bits per heavy atom. The molecule has 1 aromatic heterocycles. The number of hydrogen-bond donors (Lipinski definition) is 0. The van der Waals surface area contributed by atoms with Crippen LogP contribution in [0.25, 0.3) is 11.1 Å². The van der Waals surface area contributed by atoms with E-state index < -0.39 is 11.7 Å². The van der Waals surface area contributed by atoms with Crippen LogP contribution in [0.4, 0.5) is 13.2 Å². The highest BCUT2D eigenvalue weighted by Gasteiger charge is 2.33. The quantitative estimate of drug-likeness (QED) is 0.668. The number of hydrogen-bond acceptors (Lipinski definition) is 1. The van der Waals surface area contributed by atoms with Gasteiger partial charge in [0.25, 0.3) is 0 Å². The highest BCUT2D eigenvalue weighted by molar-refractivity contribution is 6.34. The maximum absolute atomic E-state index is 12.9. The van der Waals surface area contributed by atoms with Crippen LogP contribution in [0.3, 0.4) is 0 Å². The molecule has 0 N–H and O–H groups in total. The van der Waals surface area contributed by atoms with Crippen molar-refractivity contribution in [2.75, 3.05) is 0 Å². The maximum atomic E-state index is 12.9. The average molecular weight is 292 g/mol. The SMILES string of the molecule is FC(F)(F)c1ccccc1-c1cc(Cl)cnc1Cl. The first kappa shape index (κ1) is 13.2. The molecule has 0 fully saturated rings. The maximum Gasteiger partial charge on any atom is 0.417 e. The molecule has 1 heterocycles. The summed E-state index contributed by atoms with van der Waals surface area (Å²) in [4.78, 5) is 3.74. The van der Waals surface area contributed by atoms with Crippen LogP contribution in [0.1, 0.15) is 5.56 Å². The Hall–Kier alpha value is -1.26. The zero-order valence-electron chi connectivity index (χ0n) is 8.80. The van der Waals surface area contributed by atoms with E-state index in [2.05, 4.69) is 4.98 Å². The van der Waals surface area contributed by atoms with Gasteiger partial charge < -0.3 is 0 Å². The summed E-state index contributed by atoms with van der Waals surface area (Å²) in [6.07, 6.45) is -3.17. The highest BCUT2D eigenvalue weighted by atomic mass is 35.5. The minimum atomic E-state index is -4.46. The second-order valence-corrected chi connectivity index (χ2v) is 4.33. The third kappa shape index (κ3) is 2.60. The molecule has 0 unspecified atom stereocenters. The van der Waals surface area contributed by atoms with Gasteiger partial charge in [-0.05, 0) is 17.7 Å². The highest BCUT2D eigenvalue weighted by Crippen LogP contribution is 2.39. The first-order valence-electron chi connectivity index (χ1n) is 4.87. The van der Waals surface area contributed by atoms with Crippen molar-refractivity contribution >= 4 is 23.2 Å². The van der Waals surface area contributed by atoms with E-state index in [1.807, 2.05) is 0 Å². The molecule has 18 heavy (non-hydrogen) atoms. The Bertz CT molecular complexity index is 582. The normalized spacial score (nSPS) is 11.6. The van der Waals surface area contributed by atoms with Gasteiger partial charge in [0, 0.05) is 11.8 Å². The molecular weight excluding hydrogens is 286 g/mol. The largest absolute Gasteiger partial charge is 0.417 e. The Kier molecular flexibility index (Phi) is 3.50. The number of halogens is 5. The Morgan fingerprint density at radius 2 is 1.67 bits per heavy atom. The lowest BCUT2D eigenvalue weighted by atomic mass is 10.0. The van der Waals surface area contributed by atoms with Crippen molar-refractivity contribution in [3.05, 3.63) is 52.3 Å². The van der Waals surface area contributed by atoms with Crippen molar-refractivity contribution in [3.8, 4) is 11.1 Å². The van der Waals surface area contributed by atoms with Gasteiger partial charge in [0.15, 0.2) is 0 Å². The van der Waals surface area contributed by atoms with Crippen molar-refractivity contribution in [1.29, 1.82) is 0 Å². The van der Waals surface area contributed by atoms with Gasteiger partial charge >= 0.3 is 6.18 Å². The molecule has 0 aliphatic carbocycles. The molecule has 0 radical (unpaired) electrons. The molecule has 0 spiro atoms. The van der Waals surface area contributed by atoms with Gasteiger partial charge in [-0.1, -0.05) is 41.4 Å². The number of aromatic nitrogens is 1. The zero-order valence-corrected chi connectivity index (χ0v) is 10.3. The Morgan fingerprint density at radius 3 is 2.33 bits per heavy atom. The predicted molar refractivity (Wildman–Crippen MR) is 64.7 cm³/mol. The van der Waals surface area contributed by atoms with Gasteiger partial charge in [-0.15, -0.1) is 0 Å². The molecule has 6 heteroatoms. The summed E-state index contributed by atoms with van der Waals surface area (Å²) >= 11 is 11.5. The number of benzene rings is 1. The fraction of sp³-hybridized carbons (Fsp3) is 0.0833. The molecule has 0 aliphatic rings. The van der Waals surface area contributed by atoms with Crippen LogP contribution in [0, 0.1) is 0 Å². The van der Waals surface area contributed by atoms with Crippen molar-refractivity contribution in [3.63, 3.8) is 0 Å². The zero-order chi connectivity index (χ0) is 13.3. The van der Waals surface area contributed by atoms with Crippen molar-refractivity contribution in [2.24, 2.45) is 0 Å². The van der Waals surface area contributed by atoms with Crippen LogP contribution in [0.15, 0.2) is 36.5 Å². The van der Waals surface area contributed by atoms with Gasteiger partial charge in [-0.25, -0.2) is 4.98 Å². The molecule has 0 atom stereocenters. The van der Waals surface area contributed by atoms with Crippen LogP contribution in [0.2, 0.25) is 10.2 Å². The van der Waals surface area contributed by atoms with Crippen LogP contribution in [0.5, 0.6) is 0 Å². The lowest BCUT2D eigenvalue weighted by Gasteiger charge is -2.13. The van der Waals surface area contributed by atoms with E-state index in [-0.39, 0.29) is 21.3 Å². The third-order valence-corrected chi connectivity index (χ3v) is 2.84. The van der Waals surface area contributed by atoms with Gasteiger partial charge in [-0.2, -0.15) is 13.2 Å². The predicted octanol–water partition coefficient (Wildman–Crippen LogP) is 5.07. The molecule has 0 bridgehead atoms. The second-order valence-electron chi connectivity index (χ2n) is 3.54. The van der Waals surface area contributed by atoms with E-state index in [1.54, 1.807) is 0 Å². The van der Waals surface area contributed by atoms with E-state index in [0.717, 1.165) is 6.07 Å². The lowest BCUT2D eigenvalue weighted by Crippen LogP contribution is -2.07. The summed E-state index contributed by atoms with van der Waals surface area (Å²) in [5.74, 6) is 0. The standard InChI is InChI=1S/C12H6Cl2F3N/c13-7-5-9(11(14)18-6-7)8-3-1-2-4-10(8)12(15,16)17/h1-6H. The lowest BCUT2D eigenvalue weighted by molar-refractivity contribution is -0.137. The summed E-state index contributed by atoms with van der Waals surface area (Å²) in [5, 5.41) is 0.211. The van der Waals surface area contributed by atoms with Gasteiger partial charge in [-0.3, -0.25) is 0 Å². The van der Waals surface area contributed by atoms with Crippen LogP contribution < -0.4 is 0 Å². The van der Waals surface area contributed by atoms with Crippen LogP contribution in [-0.4, -0.2) is 4.98 Å². The van der Waals surface area contributed by atoms with Gasteiger partial charge in [0.05, 0.1) is 10.6 Å². The summed E-state index contributed by atoms with van der Waals surface area (Å²) < 4.78 is 38.6. The number of rotatable bonds is 1. The van der Waals surface area contributed by atoms with Gasteiger partial charge in [0.2, 0.25) is 0 Å². The molecule has 94 valence electrons. The first-order valence-corrected chi connectivity index (χ1v) is 5.63. The molecule has 0 amide bonds. The Labute approximate surface area is 111 Å². The molecule has 1 nitrogen and oxygen atoms in total. The molecule has 2 aromatic rings. The monoisotopic (exact) mass is 291 g/mol. The second kappa shape index (κ2) is 4.78. The number of nitrogens with zero attached hydrogens (tertiary/aromatic N) is 1. The molecule has 1 aromatic carbocycles.